The molecule has 0 spiro atoms. The average Bonchev–Trinajstić information content (AvgIpc) is 2.36. The van der Waals surface area contributed by atoms with E-state index >= 15 is 0 Å². The van der Waals surface area contributed by atoms with E-state index in [1.165, 1.54) is 4.90 Å². The molecule has 0 saturated carbocycles. The number of aromatic nitrogens is 1. The van der Waals surface area contributed by atoms with Crippen LogP contribution in [0, 0.1) is 0 Å². The molecule has 1 aromatic heterocycles. The van der Waals surface area contributed by atoms with Gasteiger partial charge in [-0.05, 0) is 24.3 Å². The van der Waals surface area contributed by atoms with Gasteiger partial charge in [-0.15, -0.1) is 0 Å². The second kappa shape index (κ2) is 6.12. The van der Waals surface area contributed by atoms with Gasteiger partial charge in [0.2, 0.25) is 0 Å². The number of hydrogen-bond donors (Lipinski definition) is 1. The van der Waals surface area contributed by atoms with Crippen molar-refractivity contribution in [1.29, 1.82) is 0 Å². The SMILES string of the molecule is OCCN(CC(F)F)c1ccnc2cc(Cl)ccc12. The van der Waals surface area contributed by atoms with Gasteiger partial charge in [0.05, 0.1) is 18.7 Å². The van der Waals surface area contributed by atoms with E-state index in [1.54, 1.807) is 30.5 Å². The minimum atomic E-state index is -2.47. The van der Waals surface area contributed by atoms with Gasteiger partial charge in [-0.1, -0.05) is 11.6 Å². The summed E-state index contributed by atoms with van der Waals surface area (Å²) in [4.78, 5) is 5.61. The Morgan fingerprint density at radius 1 is 1.32 bits per heavy atom. The fraction of sp³-hybridized carbons (Fsp3) is 0.308. The number of hydrogen-bond acceptors (Lipinski definition) is 3. The number of fused-ring (bicyclic) bond motifs is 1. The lowest BCUT2D eigenvalue weighted by Crippen LogP contribution is -2.31. The third kappa shape index (κ3) is 3.30. The van der Waals surface area contributed by atoms with Crippen molar-refractivity contribution in [3.63, 3.8) is 0 Å². The van der Waals surface area contributed by atoms with Crippen molar-refractivity contribution in [1.82, 2.24) is 4.98 Å². The predicted molar refractivity (Wildman–Crippen MR) is 72.1 cm³/mol. The standard InChI is InChI=1S/C13H13ClF2N2O/c14-9-1-2-10-11(7-9)17-4-3-12(10)18(5-6-19)8-13(15)16/h1-4,7,13,19H,5-6,8H2. The van der Waals surface area contributed by atoms with Gasteiger partial charge >= 0.3 is 0 Å². The summed E-state index contributed by atoms with van der Waals surface area (Å²) in [6.45, 7) is -0.474. The van der Waals surface area contributed by atoms with Crippen LogP contribution in [-0.4, -0.2) is 36.2 Å². The summed E-state index contributed by atoms with van der Waals surface area (Å²) in [5.41, 5.74) is 1.26. The van der Waals surface area contributed by atoms with Gasteiger partial charge < -0.3 is 10.0 Å². The fourth-order valence-electron chi connectivity index (χ4n) is 1.98. The second-order valence-corrected chi connectivity index (χ2v) is 4.49. The Morgan fingerprint density at radius 3 is 2.79 bits per heavy atom. The molecular formula is C13H13ClF2N2O. The highest BCUT2D eigenvalue weighted by atomic mass is 35.5. The molecule has 19 heavy (non-hydrogen) atoms. The molecule has 6 heteroatoms. The molecule has 0 radical (unpaired) electrons. The van der Waals surface area contributed by atoms with Crippen LogP contribution < -0.4 is 4.90 Å². The minimum absolute atomic E-state index is 0.145. The highest BCUT2D eigenvalue weighted by Crippen LogP contribution is 2.27. The maximum absolute atomic E-state index is 12.6. The summed E-state index contributed by atoms with van der Waals surface area (Å²) >= 11 is 5.88. The largest absolute Gasteiger partial charge is 0.395 e. The van der Waals surface area contributed by atoms with Crippen molar-refractivity contribution < 1.29 is 13.9 Å². The molecule has 0 fully saturated rings. The van der Waals surface area contributed by atoms with Crippen LogP contribution in [0.1, 0.15) is 0 Å². The van der Waals surface area contributed by atoms with Crippen LogP contribution in [0.5, 0.6) is 0 Å². The molecule has 0 aliphatic rings. The lowest BCUT2D eigenvalue weighted by Gasteiger charge is -2.24. The van der Waals surface area contributed by atoms with E-state index in [1.807, 2.05) is 0 Å². The molecule has 0 atom stereocenters. The Kier molecular flexibility index (Phi) is 4.50. The van der Waals surface area contributed by atoms with E-state index in [9.17, 15) is 8.78 Å². The smallest absolute Gasteiger partial charge is 0.255 e. The number of halogens is 3. The van der Waals surface area contributed by atoms with Crippen molar-refractivity contribution in [2.45, 2.75) is 6.43 Å². The molecular weight excluding hydrogens is 274 g/mol. The molecule has 0 saturated heterocycles. The van der Waals surface area contributed by atoms with Gasteiger partial charge in [0.15, 0.2) is 0 Å². The van der Waals surface area contributed by atoms with Gasteiger partial charge in [-0.25, -0.2) is 8.78 Å². The Balaban J connectivity index is 2.46. The zero-order valence-electron chi connectivity index (χ0n) is 10.1. The molecule has 3 nitrogen and oxygen atoms in total. The Labute approximate surface area is 114 Å². The summed E-state index contributed by atoms with van der Waals surface area (Å²) in [6, 6.07) is 6.78. The Hall–Kier alpha value is -1.46. The van der Waals surface area contributed by atoms with E-state index < -0.39 is 13.0 Å². The Bertz CT molecular complexity index is 565. The first-order chi connectivity index (χ1) is 9.11. The van der Waals surface area contributed by atoms with Crippen molar-refractivity contribution in [3.8, 4) is 0 Å². The first kappa shape index (κ1) is 14.0. The normalized spacial score (nSPS) is 11.2. The zero-order valence-corrected chi connectivity index (χ0v) is 10.8. The average molecular weight is 287 g/mol. The van der Waals surface area contributed by atoms with Crippen molar-refractivity contribution >= 4 is 28.2 Å². The number of pyridine rings is 1. The third-order valence-electron chi connectivity index (χ3n) is 2.75. The van der Waals surface area contributed by atoms with Crippen LogP contribution >= 0.6 is 11.6 Å². The second-order valence-electron chi connectivity index (χ2n) is 4.05. The quantitative estimate of drug-likeness (QED) is 0.918. The molecule has 1 aromatic carbocycles. The third-order valence-corrected chi connectivity index (χ3v) is 2.99. The zero-order chi connectivity index (χ0) is 13.8. The van der Waals surface area contributed by atoms with E-state index in [0.717, 1.165) is 5.39 Å². The molecule has 1 heterocycles. The van der Waals surface area contributed by atoms with Gasteiger partial charge in [0.25, 0.3) is 6.43 Å². The van der Waals surface area contributed by atoms with E-state index in [4.69, 9.17) is 16.7 Å². The number of aliphatic hydroxyl groups excluding tert-OH is 1. The van der Waals surface area contributed by atoms with Gasteiger partial charge in [0, 0.05) is 28.8 Å². The maximum atomic E-state index is 12.6. The summed E-state index contributed by atoms with van der Waals surface area (Å²) in [6.07, 6.45) is -0.925. The molecule has 0 aliphatic heterocycles. The summed E-state index contributed by atoms with van der Waals surface area (Å²) in [5, 5.41) is 10.3. The number of rotatable bonds is 5. The van der Waals surface area contributed by atoms with Crippen molar-refractivity contribution in [2.75, 3.05) is 24.6 Å². The highest BCUT2D eigenvalue weighted by molar-refractivity contribution is 6.31. The molecule has 0 aliphatic carbocycles. The Morgan fingerprint density at radius 2 is 2.11 bits per heavy atom. The molecule has 2 aromatic rings. The van der Waals surface area contributed by atoms with Crippen LogP contribution in [-0.2, 0) is 0 Å². The van der Waals surface area contributed by atoms with Crippen molar-refractivity contribution in [3.05, 3.63) is 35.5 Å². The van der Waals surface area contributed by atoms with Gasteiger partial charge in [-0.3, -0.25) is 4.98 Å². The molecule has 102 valence electrons. The van der Waals surface area contributed by atoms with E-state index in [0.29, 0.717) is 16.2 Å². The first-order valence-corrected chi connectivity index (χ1v) is 6.18. The molecule has 2 rings (SSSR count). The van der Waals surface area contributed by atoms with Gasteiger partial charge in [-0.2, -0.15) is 0 Å². The van der Waals surface area contributed by atoms with E-state index in [2.05, 4.69) is 4.98 Å². The predicted octanol–water partition coefficient (Wildman–Crippen LogP) is 2.95. The lowest BCUT2D eigenvalue weighted by molar-refractivity contribution is 0.153. The number of anilines is 1. The van der Waals surface area contributed by atoms with Crippen LogP contribution in [0.15, 0.2) is 30.5 Å². The lowest BCUT2D eigenvalue weighted by atomic mass is 10.1. The monoisotopic (exact) mass is 286 g/mol. The minimum Gasteiger partial charge on any atom is -0.395 e. The first-order valence-electron chi connectivity index (χ1n) is 5.80. The molecule has 0 bridgehead atoms. The summed E-state index contributed by atoms with van der Waals surface area (Å²) in [5.74, 6) is 0. The van der Waals surface area contributed by atoms with Gasteiger partial charge in [0.1, 0.15) is 0 Å². The number of aliphatic hydroxyl groups is 1. The molecule has 0 amide bonds. The van der Waals surface area contributed by atoms with Crippen LogP contribution in [0.4, 0.5) is 14.5 Å². The topological polar surface area (TPSA) is 36.4 Å². The maximum Gasteiger partial charge on any atom is 0.255 e. The highest BCUT2D eigenvalue weighted by Gasteiger charge is 2.15. The van der Waals surface area contributed by atoms with Crippen LogP contribution in [0.25, 0.3) is 10.9 Å². The number of benzene rings is 1. The fourth-order valence-corrected chi connectivity index (χ4v) is 2.15. The summed E-state index contributed by atoms with van der Waals surface area (Å²) in [7, 11) is 0. The van der Waals surface area contributed by atoms with E-state index in [-0.39, 0.29) is 13.2 Å². The number of nitrogens with zero attached hydrogens (tertiary/aromatic N) is 2. The number of alkyl halides is 2. The summed E-state index contributed by atoms with van der Waals surface area (Å²) < 4.78 is 25.2. The molecule has 1 N–H and O–H groups in total. The molecule has 0 unspecified atom stereocenters. The van der Waals surface area contributed by atoms with Crippen LogP contribution in [0.3, 0.4) is 0 Å². The van der Waals surface area contributed by atoms with Crippen LogP contribution in [0.2, 0.25) is 5.02 Å². The van der Waals surface area contributed by atoms with Crippen molar-refractivity contribution in [2.24, 2.45) is 0 Å².